The largest absolute Gasteiger partial charge is 0.362 e. The molecule has 2 aromatic rings. The first-order valence-corrected chi connectivity index (χ1v) is 7.50. The molecule has 2 N–H and O–H groups in total. The minimum absolute atomic E-state index is 0.101. The second-order valence-corrected chi connectivity index (χ2v) is 5.94. The lowest BCUT2D eigenvalue weighted by Gasteiger charge is -2.23. The quantitative estimate of drug-likeness (QED) is 0.904. The highest BCUT2D eigenvalue weighted by Gasteiger charge is 2.44. The van der Waals surface area contributed by atoms with E-state index in [1.807, 2.05) is 30.3 Å². The molecule has 0 radical (unpaired) electrons. The minimum Gasteiger partial charge on any atom is -0.362 e. The van der Waals surface area contributed by atoms with E-state index < -0.39 is 5.72 Å². The van der Waals surface area contributed by atoms with E-state index >= 15 is 0 Å². The average molecular weight is 334 g/mol. The summed E-state index contributed by atoms with van der Waals surface area (Å²) < 4.78 is 0. The molecule has 0 aromatic heterocycles. The number of carbonyl (C=O) groups excluding carboxylic acids is 1. The van der Waals surface area contributed by atoms with E-state index in [0.29, 0.717) is 22.6 Å². The molecule has 0 spiro atoms. The first kappa shape index (κ1) is 15.1. The maximum atomic E-state index is 12.2. The van der Waals surface area contributed by atoms with Crippen LogP contribution in [0.2, 0.25) is 5.02 Å². The Kier molecular flexibility index (Phi) is 3.96. The zero-order valence-electron chi connectivity index (χ0n) is 11.5. The van der Waals surface area contributed by atoms with Crippen molar-refractivity contribution in [3.63, 3.8) is 0 Å². The molecule has 112 valence electrons. The third-order valence-electron chi connectivity index (χ3n) is 3.64. The summed E-state index contributed by atoms with van der Waals surface area (Å²) in [6, 6.07) is 16.0. The maximum Gasteiger partial charge on any atom is 0.251 e. The van der Waals surface area contributed by atoms with Gasteiger partial charge in [0.1, 0.15) is 0 Å². The number of halogens is 2. The number of hydrogen-bond acceptors (Lipinski definition) is 2. The molecule has 2 aromatic carbocycles. The fraction of sp³-hybridized carbons (Fsp3) is 0.118. The van der Waals surface area contributed by atoms with E-state index in [1.165, 1.54) is 0 Å². The lowest BCUT2D eigenvalue weighted by Crippen LogP contribution is -2.40. The van der Waals surface area contributed by atoms with Gasteiger partial charge in [-0.3, -0.25) is 4.79 Å². The van der Waals surface area contributed by atoms with Gasteiger partial charge in [-0.05, 0) is 17.7 Å². The van der Waals surface area contributed by atoms with Crippen LogP contribution in [0.25, 0.3) is 0 Å². The first-order chi connectivity index (χ1) is 10.5. The standard InChI is InChI=1S/C17H13Cl2NO2/c18-13-8-6-12(7-9-13)17(22)15(19)14(16(21)20-17)10-11-4-2-1-3-5-11/h1-9,22H,10H2,(H,20,21). The summed E-state index contributed by atoms with van der Waals surface area (Å²) in [5, 5.41) is 14.0. The summed E-state index contributed by atoms with van der Waals surface area (Å²) in [5.41, 5.74) is 0.0858. The third kappa shape index (κ3) is 2.63. The minimum atomic E-state index is -1.70. The number of aliphatic hydroxyl groups is 1. The van der Waals surface area contributed by atoms with Crippen molar-refractivity contribution in [3.05, 3.63) is 81.4 Å². The molecule has 0 aliphatic carbocycles. The van der Waals surface area contributed by atoms with Gasteiger partial charge in [-0.2, -0.15) is 0 Å². The Bertz CT molecular complexity index is 741. The van der Waals surface area contributed by atoms with E-state index in [2.05, 4.69) is 5.32 Å². The van der Waals surface area contributed by atoms with Gasteiger partial charge in [0.05, 0.1) is 5.03 Å². The second kappa shape index (κ2) is 5.76. The van der Waals surface area contributed by atoms with Crippen LogP contribution in [0.5, 0.6) is 0 Å². The molecule has 0 saturated carbocycles. The SMILES string of the molecule is O=C1NC(O)(c2ccc(Cl)cc2)C(Cl)=C1Cc1ccccc1. The summed E-state index contributed by atoms with van der Waals surface area (Å²) in [5.74, 6) is -0.369. The highest BCUT2D eigenvalue weighted by molar-refractivity contribution is 6.34. The fourth-order valence-electron chi connectivity index (χ4n) is 2.46. The number of benzene rings is 2. The monoisotopic (exact) mass is 333 g/mol. The van der Waals surface area contributed by atoms with Gasteiger partial charge in [-0.1, -0.05) is 65.7 Å². The van der Waals surface area contributed by atoms with Gasteiger partial charge in [0, 0.05) is 22.6 Å². The Morgan fingerprint density at radius 3 is 2.27 bits per heavy atom. The van der Waals surface area contributed by atoms with Crippen LogP contribution in [-0.4, -0.2) is 11.0 Å². The molecular formula is C17H13Cl2NO2. The van der Waals surface area contributed by atoms with Crippen molar-refractivity contribution in [2.45, 2.75) is 12.1 Å². The highest BCUT2D eigenvalue weighted by atomic mass is 35.5. The molecule has 1 atom stereocenters. The van der Waals surface area contributed by atoms with E-state index in [4.69, 9.17) is 23.2 Å². The smallest absolute Gasteiger partial charge is 0.251 e. The topological polar surface area (TPSA) is 49.3 Å². The summed E-state index contributed by atoms with van der Waals surface area (Å²) >= 11 is 12.2. The first-order valence-electron chi connectivity index (χ1n) is 6.74. The molecule has 0 fully saturated rings. The van der Waals surface area contributed by atoms with Gasteiger partial charge >= 0.3 is 0 Å². The summed E-state index contributed by atoms with van der Waals surface area (Å²) in [4.78, 5) is 12.2. The van der Waals surface area contributed by atoms with Crippen molar-refractivity contribution < 1.29 is 9.90 Å². The lowest BCUT2D eigenvalue weighted by molar-refractivity contribution is -0.121. The van der Waals surface area contributed by atoms with Crippen molar-refractivity contribution in [1.29, 1.82) is 0 Å². The van der Waals surface area contributed by atoms with Crippen molar-refractivity contribution in [1.82, 2.24) is 5.32 Å². The predicted molar refractivity (Wildman–Crippen MR) is 86.5 cm³/mol. The summed E-state index contributed by atoms with van der Waals surface area (Å²) in [6.07, 6.45) is 0.363. The third-order valence-corrected chi connectivity index (χ3v) is 4.39. The van der Waals surface area contributed by atoms with Crippen LogP contribution in [0.4, 0.5) is 0 Å². The molecule has 0 bridgehead atoms. The van der Waals surface area contributed by atoms with Crippen molar-refractivity contribution in [3.8, 4) is 0 Å². The molecule has 1 aliphatic rings. The molecule has 0 saturated heterocycles. The Morgan fingerprint density at radius 2 is 1.64 bits per heavy atom. The molecular weight excluding hydrogens is 321 g/mol. The molecule has 1 aliphatic heterocycles. The number of hydrogen-bond donors (Lipinski definition) is 2. The van der Waals surface area contributed by atoms with E-state index in [1.54, 1.807) is 24.3 Å². The van der Waals surface area contributed by atoms with Gasteiger partial charge in [0.15, 0.2) is 0 Å². The number of rotatable bonds is 3. The molecule has 22 heavy (non-hydrogen) atoms. The fourth-order valence-corrected chi connectivity index (χ4v) is 2.90. The highest BCUT2D eigenvalue weighted by Crippen LogP contribution is 2.38. The van der Waals surface area contributed by atoms with Gasteiger partial charge in [0.2, 0.25) is 5.72 Å². The van der Waals surface area contributed by atoms with Crippen LogP contribution < -0.4 is 5.32 Å². The molecule has 5 heteroatoms. The molecule has 1 unspecified atom stereocenters. The number of nitrogens with one attached hydrogen (secondary N) is 1. The molecule has 3 nitrogen and oxygen atoms in total. The van der Waals surface area contributed by atoms with Gasteiger partial charge in [0.25, 0.3) is 5.91 Å². The van der Waals surface area contributed by atoms with Gasteiger partial charge in [-0.15, -0.1) is 0 Å². The summed E-state index contributed by atoms with van der Waals surface area (Å²) in [7, 11) is 0. The average Bonchev–Trinajstić information content (AvgIpc) is 2.73. The second-order valence-electron chi connectivity index (χ2n) is 5.13. The van der Waals surface area contributed by atoms with Crippen LogP contribution in [0, 0.1) is 0 Å². The van der Waals surface area contributed by atoms with Crippen LogP contribution >= 0.6 is 23.2 Å². The van der Waals surface area contributed by atoms with Gasteiger partial charge < -0.3 is 10.4 Å². The van der Waals surface area contributed by atoms with Crippen molar-refractivity contribution >= 4 is 29.1 Å². The van der Waals surface area contributed by atoms with Crippen LogP contribution in [0.15, 0.2) is 65.2 Å². The van der Waals surface area contributed by atoms with E-state index in [0.717, 1.165) is 5.56 Å². The maximum absolute atomic E-state index is 12.2. The Labute approximate surface area is 138 Å². The lowest BCUT2D eigenvalue weighted by atomic mass is 10.0. The normalized spacial score (nSPS) is 21.1. The van der Waals surface area contributed by atoms with Crippen LogP contribution in [0.1, 0.15) is 11.1 Å². The zero-order chi connectivity index (χ0) is 15.7. The Morgan fingerprint density at radius 1 is 1.00 bits per heavy atom. The zero-order valence-corrected chi connectivity index (χ0v) is 13.0. The van der Waals surface area contributed by atoms with Crippen molar-refractivity contribution in [2.24, 2.45) is 0 Å². The van der Waals surface area contributed by atoms with E-state index in [-0.39, 0.29) is 10.9 Å². The van der Waals surface area contributed by atoms with E-state index in [9.17, 15) is 9.90 Å². The number of amides is 1. The molecule has 1 heterocycles. The summed E-state index contributed by atoms with van der Waals surface area (Å²) in [6.45, 7) is 0. The van der Waals surface area contributed by atoms with Crippen molar-refractivity contribution in [2.75, 3.05) is 0 Å². The predicted octanol–water partition coefficient (Wildman–Crippen LogP) is 3.35. The van der Waals surface area contributed by atoms with Crippen LogP contribution in [0.3, 0.4) is 0 Å². The van der Waals surface area contributed by atoms with Crippen LogP contribution in [-0.2, 0) is 16.9 Å². The van der Waals surface area contributed by atoms with Gasteiger partial charge in [-0.25, -0.2) is 0 Å². The molecule has 1 amide bonds. The Balaban J connectivity index is 1.98. The Hall–Kier alpha value is -1.81. The number of carbonyl (C=O) groups is 1. The molecule has 3 rings (SSSR count).